The highest BCUT2D eigenvalue weighted by molar-refractivity contribution is 5.42. The van der Waals surface area contributed by atoms with E-state index in [1.807, 2.05) is 39.1 Å². The van der Waals surface area contributed by atoms with E-state index in [-0.39, 0.29) is 11.6 Å². The first-order chi connectivity index (χ1) is 8.91. The van der Waals surface area contributed by atoms with Crippen LogP contribution in [0.5, 0.6) is 11.5 Å². The van der Waals surface area contributed by atoms with Crippen molar-refractivity contribution in [3.05, 3.63) is 23.8 Å². The lowest BCUT2D eigenvalue weighted by molar-refractivity contribution is 0.373. The summed E-state index contributed by atoms with van der Waals surface area (Å²) < 4.78 is 10.7. The highest BCUT2D eigenvalue weighted by Gasteiger charge is 2.19. The number of rotatable bonds is 7. The third kappa shape index (κ3) is 4.73. The average Bonchev–Trinajstić information content (AvgIpc) is 2.38. The lowest BCUT2D eigenvalue weighted by atomic mass is 9.93. The lowest BCUT2D eigenvalue weighted by Crippen LogP contribution is -2.33. The van der Waals surface area contributed by atoms with E-state index >= 15 is 0 Å². The smallest absolute Gasteiger partial charge is 0.127 e. The van der Waals surface area contributed by atoms with Crippen LogP contribution >= 0.6 is 0 Å². The van der Waals surface area contributed by atoms with Crippen LogP contribution in [0.3, 0.4) is 0 Å². The maximum Gasteiger partial charge on any atom is 0.127 e. The van der Waals surface area contributed by atoms with E-state index in [1.165, 1.54) is 0 Å². The fourth-order valence-electron chi connectivity index (χ4n) is 2.08. The Balaban J connectivity index is 2.91. The predicted octanol–water partition coefficient (Wildman–Crippen LogP) is 2.48. The molecule has 1 atom stereocenters. The molecule has 1 unspecified atom stereocenters. The van der Waals surface area contributed by atoms with Gasteiger partial charge in [-0.1, -0.05) is 6.07 Å². The van der Waals surface area contributed by atoms with Gasteiger partial charge in [0.25, 0.3) is 0 Å². The standard InChI is InChI=1S/C15H26N2O2/c1-15(2,16)9-8-13(17-3)12-7-6-11(18-4)10-14(12)19-5/h6-7,10,13,17H,8-9,16H2,1-5H3. The summed E-state index contributed by atoms with van der Waals surface area (Å²) in [5.74, 6) is 1.64. The molecule has 4 nitrogen and oxygen atoms in total. The Bertz CT molecular complexity index is 400. The molecule has 0 aliphatic rings. The largest absolute Gasteiger partial charge is 0.497 e. The first-order valence-corrected chi connectivity index (χ1v) is 6.59. The third-order valence-corrected chi connectivity index (χ3v) is 3.24. The number of ether oxygens (including phenoxy) is 2. The molecule has 0 amide bonds. The van der Waals surface area contributed by atoms with Gasteiger partial charge in [0, 0.05) is 23.2 Å². The summed E-state index contributed by atoms with van der Waals surface area (Å²) in [5.41, 5.74) is 7.03. The maximum atomic E-state index is 6.05. The van der Waals surface area contributed by atoms with E-state index in [1.54, 1.807) is 14.2 Å². The highest BCUT2D eigenvalue weighted by Crippen LogP contribution is 2.32. The Labute approximate surface area is 116 Å². The van der Waals surface area contributed by atoms with Crippen molar-refractivity contribution in [2.24, 2.45) is 5.73 Å². The second-order valence-electron chi connectivity index (χ2n) is 5.48. The molecule has 0 radical (unpaired) electrons. The van der Waals surface area contributed by atoms with Crippen molar-refractivity contribution in [3.8, 4) is 11.5 Å². The van der Waals surface area contributed by atoms with Crippen LogP contribution in [0, 0.1) is 0 Å². The van der Waals surface area contributed by atoms with Gasteiger partial charge in [0.1, 0.15) is 11.5 Å². The molecular formula is C15H26N2O2. The normalized spacial score (nSPS) is 13.2. The molecular weight excluding hydrogens is 240 g/mol. The van der Waals surface area contributed by atoms with Crippen molar-refractivity contribution in [3.63, 3.8) is 0 Å². The van der Waals surface area contributed by atoms with Gasteiger partial charge in [-0.25, -0.2) is 0 Å². The van der Waals surface area contributed by atoms with Gasteiger partial charge >= 0.3 is 0 Å². The minimum Gasteiger partial charge on any atom is -0.497 e. The summed E-state index contributed by atoms with van der Waals surface area (Å²) in [4.78, 5) is 0. The van der Waals surface area contributed by atoms with E-state index in [4.69, 9.17) is 15.2 Å². The predicted molar refractivity (Wildman–Crippen MR) is 78.8 cm³/mol. The molecule has 1 rings (SSSR count). The second-order valence-corrected chi connectivity index (χ2v) is 5.48. The lowest BCUT2D eigenvalue weighted by Gasteiger charge is -2.24. The van der Waals surface area contributed by atoms with Gasteiger partial charge in [-0.05, 0) is 39.8 Å². The van der Waals surface area contributed by atoms with Crippen LogP contribution in [-0.4, -0.2) is 26.8 Å². The van der Waals surface area contributed by atoms with Crippen LogP contribution in [0.25, 0.3) is 0 Å². The van der Waals surface area contributed by atoms with Crippen molar-refractivity contribution in [2.45, 2.75) is 38.3 Å². The molecule has 0 aliphatic carbocycles. The summed E-state index contributed by atoms with van der Waals surface area (Å²) in [6.07, 6.45) is 1.90. The van der Waals surface area contributed by atoms with Crippen molar-refractivity contribution in [1.29, 1.82) is 0 Å². The van der Waals surface area contributed by atoms with E-state index in [0.717, 1.165) is 29.9 Å². The zero-order valence-corrected chi connectivity index (χ0v) is 12.6. The van der Waals surface area contributed by atoms with E-state index in [0.29, 0.717) is 0 Å². The first kappa shape index (κ1) is 15.8. The molecule has 0 saturated heterocycles. The van der Waals surface area contributed by atoms with Crippen molar-refractivity contribution in [2.75, 3.05) is 21.3 Å². The van der Waals surface area contributed by atoms with E-state index < -0.39 is 0 Å². The number of benzene rings is 1. The molecule has 4 heteroatoms. The van der Waals surface area contributed by atoms with E-state index in [2.05, 4.69) is 5.32 Å². The van der Waals surface area contributed by atoms with Gasteiger partial charge in [-0.3, -0.25) is 0 Å². The first-order valence-electron chi connectivity index (χ1n) is 6.59. The zero-order valence-electron chi connectivity index (χ0n) is 12.6. The number of hydrogen-bond acceptors (Lipinski definition) is 4. The topological polar surface area (TPSA) is 56.5 Å². The van der Waals surface area contributed by atoms with Crippen LogP contribution in [0.15, 0.2) is 18.2 Å². The second kappa shape index (κ2) is 6.78. The summed E-state index contributed by atoms with van der Waals surface area (Å²) >= 11 is 0. The quantitative estimate of drug-likeness (QED) is 0.796. The summed E-state index contributed by atoms with van der Waals surface area (Å²) in [5, 5.41) is 3.33. The van der Waals surface area contributed by atoms with Gasteiger partial charge in [-0.2, -0.15) is 0 Å². The monoisotopic (exact) mass is 266 g/mol. The Hall–Kier alpha value is -1.26. The molecule has 108 valence electrons. The molecule has 0 fully saturated rings. The molecule has 0 bridgehead atoms. The number of hydrogen-bond donors (Lipinski definition) is 2. The van der Waals surface area contributed by atoms with Crippen LogP contribution in [0.2, 0.25) is 0 Å². The Kier molecular flexibility index (Phi) is 5.63. The molecule has 0 aromatic heterocycles. The molecule has 0 saturated carbocycles. The van der Waals surface area contributed by atoms with Gasteiger partial charge < -0.3 is 20.5 Å². The average molecular weight is 266 g/mol. The fraction of sp³-hybridized carbons (Fsp3) is 0.600. The Morgan fingerprint density at radius 3 is 2.42 bits per heavy atom. The molecule has 0 heterocycles. The number of nitrogens with one attached hydrogen (secondary N) is 1. The van der Waals surface area contributed by atoms with Crippen LogP contribution < -0.4 is 20.5 Å². The van der Waals surface area contributed by atoms with Crippen LogP contribution in [0.1, 0.15) is 38.3 Å². The summed E-state index contributed by atoms with van der Waals surface area (Å²) in [6, 6.07) is 6.13. The van der Waals surface area contributed by atoms with Crippen molar-refractivity contribution >= 4 is 0 Å². The van der Waals surface area contributed by atoms with E-state index in [9.17, 15) is 0 Å². The molecule has 0 spiro atoms. The fourth-order valence-corrected chi connectivity index (χ4v) is 2.08. The summed E-state index contributed by atoms with van der Waals surface area (Å²) in [7, 11) is 5.29. The molecule has 0 aliphatic heterocycles. The Morgan fingerprint density at radius 2 is 1.95 bits per heavy atom. The van der Waals surface area contributed by atoms with Gasteiger partial charge in [0.15, 0.2) is 0 Å². The van der Waals surface area contributed by atoms with Gasteiger partial charge in [0.05, 0.1) is 14.2 Å². The molecule has 3 N–H and O–H groups in total. The van der Waals surface area contributed by atoms with Gasteiger partial charge in [-0.15, -0.1) is 0 Å². The number of methoxy groups -OCH3 is 2. The molecule has 19 heavy (non-hydrogen) atoms. The van der Waals surface area contributed by atoms with Crippen LogP contribution in [-0.2, 0) is 0 Å². The molecule has 1 aromatic rings. The maximum absolute atomic E-state index is 6.05. The summed E-state index contributed by atoms with van der Waals surface area (Å²) in [6.45, 7) is 4.09. The minimum absolute atomic E-state index is 0.158. The highest BCUT2D eigenvalue weighted by atomic mass is 16.5. The Morgan fingerprint density at radius 1 is 1.26 bits per heavy atom. The van der Waals surface area contributed by atoms with Crippen LogP contribution in [0.4, 0.5) is 0 Å². The minimum atomic E-state index is -0.158. The van der Waals surface area contributed by atoms with Crippen molar-refractivity contribution < 1.29 is 9.47 Å². The number of nitrogens with two attached hydrogens (primary N) is 1. The van der Waals surface area contributed by atoms with Gasteiger partial charge in [0.2, 0.25) is 0 Å². The third-order valence-electron chi connectivity index (χ3n) is 3.24. The van der Waals surface area contributed by atoms with Crippen molar-refractivity contribution in [1.82, 2.24) is 5.32 Å². The molecule has 1 aromatic carbocycles. The zero-order chi connectivity index (χ0) is 14.5. The SMILES string of the molecule is CNC(CCC(C)(C)N)c1ccc(OC)cc1OC.